The number of amides is 7. The van der Waals surface area contributed by atoms with E-state index in [0.717, 1.165) is 6.07 Å². The zero-order valence-corrected chi connectivity index (χ0v) is 65.5. The van der Waals surface area contributed by atoms with Crippen LogP contribution in [-0.2, 0) is 102 Å². The molecule has 0 saturated carbocycles. The Hall–Kier alpha value is -7.40. The summed E-state index contributed by atoms with van der Waals surface area (Å²) >= 11 is 0. The van der Waals surface area contributed by atoms with Gasteiger partial charge in [-0.3, -0.25) is 38.4 Å². The van der Waals surface area contributed by atoms with Gasteiger partial charge in [0.2, 0.25) is 58.3 Å². The Bertz CT molecular complexity index is 3440. The van der Waals surface area contributed by atoms with E-state index >= 15 is 0 Å². The van der Waals surface area contributed by atoms with Gasteiger partial charge in [0.1, 0.15) is 78.6 Å². The number of fused-ring (bicyclic) bond motifs is 2. The first-order valence-electron chi connectivity index (χ1n) is 38.5. The van der Waals surface area contributed by atoms with E-state index in [2.05, 4.69) is 42.5 Å². The van der Waals surface area contributed by atoms with Crippen molar-refractivity contribution in [2.45, 2.75) is 175 Å². The standard InChI is InChI=1S/C73H116N8O36/c1-40(85)78-57-65(101)62(98)48(36-82)114-70(57)111-32-29-107-26-23-104-20-16-75-53(92)12-10-51(90)73(81-56(95)35-74-15-4-5-43-44-6-8-46(88)60(96)68(44)117-69-45(43)7-9-47(89)61(69)97,39-110-19-14-55(94)77-18-22-106-25-28-109-31-34-113-72-59(80-42(3)87)67(103)64(100)50(38-84)116-72)52(91)11-13-54(93)76-17-21-105-24-27-108-30-33-112-71-58(79-41(2)86)66(102)63(99)49(37-83)115-71/h6-9,48-52,57-59,62-67,70-72,74,82-84,88,90-91,96-103H,4-5,10-39H2,1-3H3,(H,75,92)(H,76,93)(H,77,94)(H,78,85)(H,79,86)(H,80,87)(H,81,95)/t48-,49-,50-,51?,52?,57-,58-,59-,62+,63+,64+,65-,66-,67-,70-,71-,72?,73?/m1/s1. The van der Waals surface area contributed by atoms with Crippen molar-refractivity contribution in [3.05, 3.63) is 40.1 Å². The number of phenols is 3. The van der Waals surface area contributed by atoms with Gasteiger partial charge in [-0.2, -0.15) is 0 Å². The Morgan fingerprint density at radius 1 is 0.462 bits per heavy atom. The van der Waals surface area contributed by atoms with Gasteiger partial charge in [0, 0.05) is 70.6 Å². The molecule has 117 heavy (non-hydrogen) atoms. The average molecular weight is 1680 g/mol. The highest BCUT2D eigenvalue weighted by atomic mass is 16.7. The van der Waals surface area contributed by atoms with Crippen molar-refractivity contribution in [3.8, 4) is 28.6 Å². The topological polar surface area (TPSA) is 649 Å². The van der Waals surface area contributed by atoms with Crippen LogP contribution in [0.15, 0.2) is 33.5 Å². The first-order chi connectivity index (χ1) is 56.1. The van der Waals surface area contributed by atoms with Gasteiger partial charge in [-0.1, -0.05) is 0 Å². The highest BCUT2D eigenvalue weighted by Crippen LogP contribution is 2.43. The maximum Gasteiger partial charge on any atom is 0.234 e. The summed E-state index contributed by atoms with van der Waals surface area (Å²) in [7, 11) is 0. The number of phenolic OH excluding ortho intramolecular Hbond substituents is 3. The van der Waals surface area contributed by atoms with E-state index in [9.17, 15) is 110 Å². The minimum atomic E-state index is -2.22. The summed E-state index contributed by atoms with van der Waals surface area (Å²) in [6, 6.07) is 1.84. The van der Waals surface area contributed by atoms with Crippen LogP contribution in [0, 0.1) is 0 Å². The molecule has 22 N–H and O–H groups in total. The predicted octanol–water partition coefficient (Wildman–Crippen LogP) is -8.59. The lowest BCUT2D eigenvalue weighted by atomic mass is 9.82. The van der Waals surface area contributed by atoms with Crippen LogP contribution in [0.2, 0.25) is 0 Å². The van der Waals surface area contributed by atoms with Crippen LogP contribution in [0.3, 0.4) is 0 Å². The van der Waals surface area contributed by atoms with Crippen molar-refractivity contribution >= 4 is 52.3 Å². The van der Waals surface area contributed by atoms with Gasteiger partial charge in [0.25, 0.3) is 0 Å². The number of carbonyl (C=O) groups is 7. The van der Waals surface area contributed by atoms with Gasteiger partial charge in [-0.05, 0) is 62.1 Å². The molecule has 1 aromatic carbocycles. The molecule has 4 heterocycles. The normalized spacial score (nSPS) is 24.4. The monoisotopic (exact) mass is 1680 g/mol. The van der Waals surface area contributed by atoms with Crippen molar-refractivity contribution < 1.29 is 171 Å². The molecule has 7 amide bonds. The first kappa shape index (κ1) is 98.4. The summed E-state index contributed by atoms with van der Waals surface area (Å²) in [6.45, 7) is 0.275. The Labute approximate surface area is 672 Å². The highest BCUT2D eigenvalue weighted by molar-refractivity contribution is 5.94. The maximum absolute atomic E-state index is 14.3. The van der Waals surface area contributed by atoms with Crippen molar-refractivity contribution in [3.63, 3.8) is 0 Å². The van der Waals surface area contributed by atoms with E-state index in [1.807, 2.05) is 0 Å². The first-order valence-corrected chi connectivity index (χ1v) is 38.5. The van der Waals surface area contributed by atoms with Crippen LogP contribution in [0.5, 0.6) is 17.2 Å². The van der Waals surface area contributed by atoms with E-state index in [4.69, 9.17) is 66.0 Å². The third-order valence-electron chi connectivity index (χ3n) is 18.9. The minimum Gasteiger partial charge on any atom is -0.504 e. The second-order valence-electron chi connectivity index (χ2n) is 27.6. The second-order valence-corrected chi connectivity index (χ2v) is 27.6. The van der Waals surface area contributed by atoms with Crippen LogP contribution in [0.1, 0.15) is 64.9 Å². The number of aryl methyl sites for hydroxylation is 1. The van der Waals surface area contributed by atoms with Gasteiger partial charge in [0.15, 0.2) is 36.0 Å². The summed E-state index contributed by atoms with van der Waals surface area (Å²) in [5.41, 5.74) is -2.37. The SMILES string of the molecule is CC(=O)N[C@H]1[C@H](OCCOCCOCCNC(=O)CCC(O)C(COCCC(=O)NCCOCCOCCOC2O[C@H](CO)[C@H](O)[C@H](O)[C@H]2NC(C)=O)(NC(=O)CNCCCc2c3ccc(=O)c(O)c-3oc3c(O)c(O)ccc23)C(O)CCC(=O)NCCOCCOCCO[C@@H]2O[C@H](CO)[C@H](O)[C@H](O)[C@H]2NC(C)=O)O[C@H](CO)[C@H](O)[C@@H]1O. The number of hydrogen-bond acceptors (Lipinski definition) is 37. The van der Waals surface area contributed by atoms with Crippen molar-refractivity contribution in [1.29, 1.82) is 0 Å². The number of carbonyl (C=O) groups excluding carboxylic acids is 7. The number of aliphatic hydroxyl groups excluding tert-OH is 11. The minimum absolute atomic E-state index is 0.00700. The number of benzene rings is 2. The Morgan fingerprint density at radius 3 is 1.26 bits per heavy atom. The van der Waals surface area contributed by atoms with Crippen molar-refractivity contribution in [1.82, 2.24) is 42.5 Å². The summed E-state index contributed by atoms with van der Waals surface area (Å²) in [4.78, 5) is 102. The molecule has 44 nitrogen and oxygen atoms in total. The molecule has 664 valence electrons. The van der Waals surface area contributed by atoms with E-state index in [1.165, 1.54) is 39.0 Å². The third kappa shape index (κ3) is 31.3. The van der Waals surface area contributed by atoms with E-state index in [1.54, 1.807) is 0 Å². The Balaban J connectivity index is 1.05. The molecule has 4 aliphatic heterocycles. The van der Waals surface area contributed by atoms with Crippen molar-refractivity contribution in [2.24, 2.45) is 0 Å². The van der Waals surface area contributed by atoms with Gasteiger partial charge >= 0.3 is 0 Å². The molecular formula is C73H116N8O36. The lowest BCUT2D eigenvalue weighted by molar-refractivity contribution is -0.272. The fourth-order valence-electron chi connectivity index (χ4n) is 12.8. The zero-order valence-electron chi connectivity index (χ0n) is 65.5. The third-order valence-corrected chi connectivity index (χ3v) is 18.9. The number of rotatable bonds is 56. The van der Waals surface area contributed by atoms with Crippen LogP contribution in [-0.4, -0.2) is 387 Å². The van der Waals surface area contributed by atoms with Crippen LogP contribution in [0.25, 0.3) is 22.3 Å². The van der Waals surface area contributed by atoms with E-state index < -0.39 is 232 Å². The molecule has 1 aliphatic carbocycles. The maximum atomic E-state index is 14.3. The number of ether oxygens (including phenoxy) is 13. The lowest BCUT2D eigenvalue weighted by Crippen LogP contribution is -2.67. The van der Waals surface area contributed by atoms with Gasteiger partial charge in [0.05, 0.1) is 151 Å². The second kappa shape index (κ2) is 51.9. The highest BCUT2D eigenvalue weighted by Gasteiger charge is 2.50. The zero-order chi connectivity index (χ0) is 85.6. The average Bonchev–Trinajstić information content (AvgIpc) is 0.750. The Morgan fingerprint density at radius 2 is 0.855 bits per heavy atom. The number of aromatic hydroxyl groups is 3. The fraction of sp³-hybridized carbons (Fsp3) is 0.726. The Kier molecular flexibility index (Phi) is 43.7. The fourth-order valence-corrected chi connectivity index (χ4v) is 12.8. The molecule has 0 spiro atoms. The quantitative estimate of drug-likeness (QED) is 0.0142. The molecule has 3 unspecified atom stereocenters. The van der Waals surface area contributed by atoms with Crippen LogP contribution < -0.4 is 48.0 Å². The van der Waals surface area contributed by atoms with E-state index in [-0.39, 0.29) is 162 Å². The van der Waals surface area contributed by atoms with Crippen LogP contribution in [0.4, 0.5) is 0 Å². The van der Waals surface area contributed by atoms with E-state index in [0.29, 0.717) is 16.5 Å². The number of aliphatic hydroxyl groups is 11. The number of nitrogens with one attached hydrogen (secondary N) is 8. The molecule has 6 rings (SSSR count). The molecule has 5 aliphatic rings. The lowest BCUT2D eigenvalue weighted by Gasteiger charge is -2.42. The molecule has 3 saturated heterocycles. The van der Waals surface area contributed by atoms with Gasteiger partial charge < -0.3 is 180 Å². The summed E-state index contributed by atoms with van der Waals surface area (Å²) in [5, 5.41) is 169. The molecule has 17 atom stereocenters. The molecule has 0 aromatic heterocycles. The smallest absolute Gasteiger partial charge is 0.234 e. The largest absolute Gasteiger partial charge is 0.504 e. The number of hydrogen-bond donors (Lipinski definition) is 22. The van der Waals surface area contributed by atoms with Crippen molar-refractivity contribution in [2.75, 3.05) is 165 Å². The molecule has 3 fully saturated rings. The molecule has 0 radical (unpaired) electrons. The molecule has 1 aromatic rings. The summed E-state index contributed by atoms with van der Waals surface area (Å²) < 4.78 is 78.6. The summed E-state index contributed by atoms with van der Waals surface area (Å²) in [6.07, 6.45) is -21.5. The molecular weight excluding hydrogens is 1560 g/mol. The summed E-state index contributed by atoms with van der Waals surface area (Å²) in [5.74, 6) is -6.29. The van der Waals surface area contributed by atoms with Gasteiger partial charge in [-0.25, -0.2) is 0 Å². The predicted molar refractivity (Wildman–Crippen MR) is 400 cm³/mol. The molecule has 44 heteroatoms. The van der Waals surface area contributed by atoms with Crippen LogP contribution >= 0.6 is 0 Å². The van der Waals surface area contributed by atoms with Gasteiger partial charge in [-0.15, -0.1) is 0 Å². The molecule has 0 bridgehead atoms.